The van der Waals surface area contributed by atoms with Crippen molar-refractivity contribution in [3.63, 3.8) is 0 Å². The molecule has 3 rings (SSSR count). The van der Waals surface area contributed by atoms with Crippen LogP contribution in [0.2, 0.25) is 0 Å². The zero-order chi connectivity index (χ0) is 21.9. The number of hydroxylamine groups is 2. The van der Waals surface area contributed by atoms with E-state index in [9.17, 15) is 4.79 Å². The monoisotopic (exact) mass is 413 g/mol. The lowest BCUT2D eigenvalue weighted by Crippen LogP contribution is -2.24. The van der Waals surface area contributed by atoms with Crippen LogP contribution in [0.5, 0.6) is 5.75 Å². The quantitative estimate of drug-likeness (QED) is 0.542. The Morgan fingerprint density at radius 1 is 1.07 bits per heavy atom. The van der Waals surface area contributed by atoms with E-state index in [0.717, 1.165) is 27.8 Å². The van der Waals surface area contributed by atoms with Crippen molar-refractivity contribution < 1.29 is 24.3 Å². The van der Waals surface area contributed by atoms with Gasteiger partial charge < -0.3 is 24.4 Å². The number of likely N-dealkylation sites (N-methyl/N-ethyl adjacent to an activating group) is 1. The molecule has 0 radical (unpaired) electrons. The number of anilines is 1. The van der Waals surface area contributed by atoms with Gasteiger partial charge in [0.05, 0.1) is 12.3 Å². The second-order valence-electron chi connectivity index (χ2n) is 6.70. The van der Waals surface area contributed by atoms with Crippen LogP contribution in [0.25, 0.3) is 11.5 Å². The third kappa shape index (κ3) is 7.94. The number of ether oxygens (including phenoxy) is 1. The molecule has 0 spiro atoms. The van der Waals surface area contributed by atoms with E-state index >= 15 is 0 Å². The fraction of sp³-hybridized carbons (Fsp3) is 0.273. The average Bonchev–Trinajstić information content (AvgIpc) is 3.17. The van der Waals surface area contributed by atoms with E-state index in [2.05, 4.69) is 4.98 Å². The van der Waals surface area contributed by atoms with Crippen LogP contribution >= 0.6 is 0 Å². The molecule has 0 bridgehead atoms. The summed E-state index contributed by atoms with van der Waals surface area (Å²) < 4.78 is 11.2. The van der Waals surface area contributed by atoms with Gasteiger partial charge in [0.25, 0.3) is 0 Å². The Hall–Kier alpha value is -3.36. The first-order valence-corrected chi connectivity index (χ1v) is 9.37. The minimum atomic E-state index is -0.865. The molecule has 0 unspecified atom stereocenters. The van der Waals surface area contributed by atoms with Crippen LogP contribution in [0.4, 0.5) is 5.69 Å². The lowest BCUT2D eigenvalue weighted by molar-refractivity contribution is -0.135. The minimum absolute atomic E-state index is 0.0455. The molecule has 0 saturated heterocycles. The van der Waals surface area contributed by atoms with Gasteiger partial charge in [0.2, 0.25) is 5.89 Å². The molecule has 8 nitrogen and oxygen atoms in total. The molecular weight excluding hydrogens is 386 g/mol. The van der Waals surface area contributed by atoms with Crippen molar-refractivity contribution in [3.05, 3.63) is 66.6 Å². The molecule has 0 amide bonds. The first kappa shape index (κ1) is 22.9. The molecule has 0 atom stereocenters. The molecule has 30 heavy (non-hydrogen) atoms. The van der Waals surface area contributed by atoms with Crippen LogP contribution in [0.15, 0.2) is 65.3 Å². The molecule has 2 N–H and O–H groups in total. The van der Waals surface area contributed by atoms with Crippen LogP contribution in [-0.4, -0.2) is 60.6 Å². The van der Waals surface area contributed by atoms with E-state index in [0.29, 0.717) is 18.9 Å². The average molecular weight is 413 g/mol. The van der Waals surface area contributed by atoms with E-state index in [1.54, 1.807) is 32.3 Å². The normalized spacial score (nSPS) is 10.3. The zero-order valence-electron chi connectivity index (χ0n) is 17.4. The largest absolute Gasteiger partial charge is 0.493 e. The summed E-state index contributed by atoms with van der Waals surface area (Å²) in [5.74, 6) is 0.464. The van der Waals surface area contributed by atoms with Crippen LogP contribution in [0.1, 0.15) is 5.69 Å². The lowest BCUT2D eigenvalue weighted by atomic mass is 10.2. The molecule has 8 heteroatoms. The van der Waals surface area contributed by atoms with Gasteiger partial charge in [0.15, 0.2) is 0 Å². The van der Waals surface area contributed by atoms with Gasteiger partial charge >= 0.3 is 5.97 Å². The number of carboxylic acids is 1. The van der Waals surface area contributed by atoms with E-state index in [-0.39, 0.29) is 6.54 Å². The van der Waals surface area contributed by atoms with Crippen LogP contribution in [0, 0.1) is 0 Å². The van der Waals surface area contributed by atoms with Gasteiger partial charge in [-0.3, -0.25) is 4.79 Å². The predicted octanol–water partition coefficient (Wildman–Crippen LogP) is 3.42. The predicted molar refractivity (Wildman–Crippen MR) is 114 cm³/mol. The van der Waals surface area contributed by atoms with Crippen molar-refractivity contribution in [2.75, 3.05) is 39.2 Å². The van der Waals surface area contributed by atoms with Crippen LogP contribution in [-0.2, 0) is 11.2 Å². The van der Waals surface area contributed by atoms with Gasteiger partial charge in [-0.1, -0.05) is 18.2 Å². The molecule has 0 saturated carbocycles. The first-order chi connectivity index (χ1) is 14.3. The number of aromatic nitrogens is 1. The number of carboxylic acid groups (broad SMARTS) is 1. The summed E-state index contributed by atoms with van der Waals surface area (Å²) in [5.41, 5.74) is 2.60. The van der Waals surface area contributed by atoms with E-state index in [1.165, 1.54) is 0 Å². The lowest BCUT2D eigenvalue weighted by Gasteiger charge is -2.17. The second kappa shape index (κ2) is 11.6. The number of rotatable bonds is 8. The molecule has 0 aliphatic heterocycles. The molecule has 1 heterocycles. The standard InChI is InChI=1S/C20H20N2O4.C2H7NO/c1-22(13-19(23)24)17-7-9-18(10-8-17)25-12-11-16-14-26-20(21-16)15-5-3-2-4-6-15;1-3(2)4/h2-10,14H,11-13H2,1H3,(H,23,24);4H,1-2H3. The summed E-state index contributed by atoms with van der Waals surface area (Å²) in [6, 6.07) is 17.1. The molecule has 0 fully saturated rings. The number of nitrogens with zero attached hydrogens (tertiary/aromatic N) is 3. The second-order valence-corrected chi connectivity index (χ2v) is 6.70. The summed E-state index contributed by atoms with van der Waals surface area (Å²) in [5, 5.41) is 17.7. The molecule has 1 aromatic heterocycles. The first-order valence-electron chi connectivity index (χ1n) is 9.37. The van der Waals surface area contributed by atoms with Crippen molar-refractivity contribution in [2.45, 2.75) is 6.42 Å². The Morgan fingerprint density at radius 2 is 1.70 bits per heavy atom. The summed E-state index contributed by atoms with van der Waals surface area (Å²) in [6.45, 7) is 0.432. The summed E-state index contributed by atoms with van der Waals surface area (Å²) in [6.07, 6.45) is 2.28. The maximum absolute atomic E-state index is 10.7. The zero-order valence-corrected chi connectivity index (χ0v) is 17.4. The number of hydrogen-bond acceptors (Lipinski definition) is 7. The molecular formula is C22H27N3O5. The Labute approximate surface area is 175 Å². The van der Waals surface area contributed by atoms with Gasteiger partial charge in [-0.2, -0.15) is 5.06 Å². The van der Waals surface area contributed by atoms with E-state index < -0.39 is 5.97 Å². The fourth-order valence-electron chi connectivity index (χ4n) is 2.50. The van der Waals surface area contributed by atoms with Gasteiger partial charge in [-0.05, 0) is 36.4 Å². The topological polar surface area (TPSA) is 99.3 Å². The molecule has 160 valence electrons. The van der Waals surface area contributed by atoms with E-state index in [4.69, 9.17) is 19.5 Å². The van der Waals surface area contributed by atoms with Crippen molar-refractivity contribution in [1.82, 2.24) is 10.0 Å². The van der Waals surface area contributed by atoms with Gasteiger partial charge in [-0.25, -0.2) is 4.98 Å². The number of aliphatic carboxylic acids is 1. The minimum Gasteiger partial charge on any atom is -0.493 e. The summed E-state index contributed by atoms with van der Waals surface area (Å²) >= 11 is 0. The SMILES string of the molecule is CN(C)O.CN(CC(=O)O)c1ccc(OCCc2coc(-c3ccccc3)n2)cc1. The Bertz CT molecular complexity index is 892. The smallest absolute Gasteiger partial charge is 0.323 e. The van der Waals surface area contributed by atoms with Crippen LogP contribution < -0.4 is 9.64 Å². The molecule has 2 aromatic carbocycles. The highest BCUT2D eigenvalue weighted by atomic mass is 16.5. The Balaban J connectivity index is 0.000000735. The third-order valence-corrected chi connectivity index (χ3v) is 3.85. The Kier molecular flexibility index (Phi) is 8.86. The Morgan fingerprint density at radius 3 is 2.30 bits per heavy atom. The number of carbonyl (C=O) groups is 1. The van der Waals surface area contributed by atoms with Gasteiger partial charge in [-0.15, -0.1) is 0 Å². The molecule has 0 aliphatic rings. The van der Waals surface area contributed by atoms with E-state index in [1.807, 2.05) is 54.6 Å². The van der Waals surface area contributed by atoms with Crippen LogP contribution in [0.3, 0.4) is 0 Å². The highest BCUT2D eigenvalue weighted by Gasteiger charge is 2.07. The highest BCUT2D eigenvalue weighted by Crippen LogP contribution is 2.20. The van der Waals surface area contributed by atoms with Crippen molar-refractivity contribution in [2.24, 2.45) is 0 Å². The summed E-state index contributed by atoms with van der Waals surface area (Å²) in [7, 11) is 4.85. The third-order valence-electron chi connectivity index (χ3n) is 3.85. The van der Waals surface area contributed by atoms with Crippen molar-refractivity contribution in [3.8, 4) is 17.2 Å². The van der Waals surface area contributed by atoms with Crippen molar-refractivity contribution in [1.29, 1.82) is 0 Å². The van der Waals surface area contributed by atoms with Gasteiger partial charge in [0.1, 0.15) is 18.6 Å². The number of benzene rings is 2. The molecule has 3 aromatic rings. The fourth-order valence-corrected chi connectivity index (χ4v) is 2.50. The maximum Gasteiger partial charge on any atom is 0.323 e. The number of hydrogen-bond donors (Lipinski definition) is 2. The maximum atomic E-state index is 10.7. The summed E-state index contributed by atoms with van der Waals surface area (Å²) in [4.78, 5) is 16.9. The number of oxazole rings is 1. The van der Waals surface area contributed by atoms with Gasteiger partial charge in [0, 0.05) is 38.8 Å². The highest BCUT2D eigenvalue weighted by molar-refractivity contribution is 5.73. The van der Waals surface area contributed by atoms with Crippen molar-refractivity contribution >= 4 is 11.7 Å². The molecule has 0 aliphatic carbocycles.